The van der Waals surface area contributed by atoms with Gasteiger partial charge in [0.05, 0.1) is 11.5 Å². The highest BCUT2D eigenvalue weighted by atomic mass is 35.5. The largest absolute Gasteiger partial charge is 0.482 e. The normalized spacial score (nSPS) is 18.6. The lowest BCUT2D eigenvalue weighted by molar-refractivity contribution is -0.155. The van der Waals surface area contributed by atoms with Crippen LogP contribution in [0.15, 0.2) is 12.1 Å². The summed E-state index contributed by atoms with van der Waals surface area (Å²) in [6.07, 6.45) is 1.08. The molecule has 0 radical (unpaired) electrons. The number of carbonyl (C=O) groups excluding carboxylic acids is 2. The second kappa shape index (κ2) is 10.7. The zero-order chi connectivity index (χ0) is 23.3. The smallest absolute Gasteiger partial charge is 0.344 e. The van der Waals surface area contributed by atoms with E-state index in [0.29, 0.717) is 23.6 Å². The van der Waals surface area contributed by atoms with Gasteiger partial charge in [-0.05, 0) is 55.9 Å². The number of hydrogen-bond donors (Lipinski definition) is 0. The molecule has 7 nitrogen and oxygen atoms in total. The predicted molar refractivity (Wildman–Crippen MR) is 120 cm³/mol. The topological polar surface area (TPSA) is 90.0 Å². The number of esters is 1. The van der Waals surface area contributed by atoms with E-state index in [1.165, 1.54) is 0 Å². The molecule has 1 aromatic rings. The van der Waals surface area contributed by atoms with Gasteiger partial charge < -0.3 is 14.4 Å². The predicted octanol–water partition coefficient (Wildman–Crippen LogP) is 3.51. The maximum absolute atomic E-state index is 12.7. The lowest BCUT2D eigenvalue weighted by Crippen LogP contribution is -2.48. The van der Waals surface area contributed by atoms with Gasteiger partial charge in [-0.3, -0.25) is 4.79 Å². The number of nitrogens with zero attached hydrogens (tertiary/aromatic N) is 1. The van der Waals surface area contributed by atoms with Crippen molar-refractivity contribution in [2.75, 3.05) is 24.7 Å². The average molecular weight is 474 g/mol. The van der Waals surface area contributed by atoms with Crippen LogP contribution in [0.2, 0.25) is 5.02 Å². The zero-order valence-electron chi connectivity index (χ0n) is 18.8. The Kier molecular flexibility index (Phi) is 8.77. The molecule has 1 aromatic carbocycles. The molecule has 0 N–H and O–H groups in total. The second-order valence-electron chi connectivity index (χ2n) is 8.36. The van der Waals surface area contributed by atoms with E-state index in [9.17, 15) is 18.0 Å². The molecule has 174 valence electrons. The van der Waals surface area contributed by atoms with Crippen LogP contribution in [0.25, 0.3) is 0 Å². The summed E-state index contributed by atoms with van der Waals surface area (Å²) < 4.78 is 34.5. The molecule has 1 amide bonds. The third-order valence-corrected chi connectivity index (χ3v) is 7.73. The molecule has 2 atom stereocenters. The number of benzene rings is 1. The molecule has 0 spiro atoms. The fourth-order valence-electron chi connectivity index (χ4n) is 3.64. The molecule has 9 heteroatoms. The molecular formula is C22H32ClNO6S. The highest BCUT2D eigenvalue weighted by Crippen LogP contribution is 2.32. The van der Waals surface area contributed by atoms with E-state index in [2.05, 4.69) is 0 Å². The van der Waals surface area contributed by atoms with Crippen LogP contribution in [0.5, 0.6) is 5.75 Å². The fourth-order valence-corrected chi connectivity index (χ4v) is 5.53. The number of hydrogen-bond acceptors (Lipinski definition) is 6. The van der Waals surface area contributed by atoms with Gasteiger partial charge in [0, 0.05) is 17.1 Å². The number of rotatable bonds is 9. The van der Waals surface area contributed by atoms with Crippen molar-refractivity contribution in [1.82, 2.24) is 4.90 Å². The highest BCUT2D eigenvalue weighted by Gasteiger charge is 2.36. The molecule has 31 heavy (non-hydrogen) atoms. The van der Waals surface area contributed by atoms with E-state index < -0.39 is 28.3 Å². The van der Waals surface area contributed by atoms with Gasteiger partial charge in [-0.25, -0.2) is 13.2 Å². The molecule has 1 saturated heterocycles. The number of carbonyl (C=O) groups is 2. The van der Waals surface area contributed by atoms with Crippen molar-refractivity contribution in [2.45, 2.75) is 65.5 Å². The Bertz CT molecular complexity index is 915. The van der Waals surface area contributed by atoms with E-state index in [4.69, 9.17) is 21.1 Å². The molecular weight excluding hydrogens is 442 g/mol. The SMILES string of the molecule is CCC(C)N(C(=O)COC(=O)COc1cc(C)c(Cl)cc1C(C)C)C1CCS(=O)(=O)C1. The number of aryl methyl sites for hydroxylation is 1. The number of ether oxygens (including phenoxy) is 2. The van der Waals surface area contributed by atoms with Gasteiger partial charge in [0.2, 0.25) is 0 Å². The summed E-state index contributed by atoms with van der Waals surface area (Å²) in [5, 5.41) is 0.628. The standard InChI is InChI=1S/C22H32ClNO6S/c1-6-16(5)24(17-7-8-31(27,28)13-17)21(25)11-30-22(26)12-29-20-9-15(4)19(23)10-18(20)14(2)3/h9-10,14,16-17H,6-8,11-13H2,1-5H3. The van der Waals surface area contributed by atoms with E-state index in [-0.39, 0.29) is 36.1 Å². The Morgan fingerprint density at radius 3 is 2.45 bits per heavy atom. The molecule has 1 aliphatic rings. The quantitative estimate of drug-likeness (QED) is 0.510. The molecule has 1 heterocycles. The van der Waals surface area contributed by atoms with Crippen molar-refractivity contribution in [3.63, 3.8) is 0 Å². The summed E-state index contributed by atoms with van der Waals surface area (Å²) in [6, 6.07) is 3.08. The molecule has 2 unspecified atom stereocenters. The first-order valence-corrected chi connectivity index (χ1v) is 12.7. The lowest BCUT2D eigenvalue weighted by atomic mass is 10.0. The van der Waals surface area contributed by atoms with Gasteiger partial charge in [0.25, 0.3) is 5.91 Å². The van der Waals surface area contributed by atoms with Crippen LogP contribution >= 0.6 is 11.6 Å². The molecule has 0 bridgehead atoms. The van der Waals surface area contributed by atoms with Crippen LogP contribution in [0.3, 0.4) is 0 Å². The average Bonchev–Trinajstić information content (AvgIpc) is 3.05. The minimum atomic E-state index is -3.14. The third-order valence-electron chi connectivity index (χ3n) is 5.57. The lowest BCUT2D eigenvalue weighted by Gasteiger charge is -2.33. The minimum absolute atomic E-state index is 0.0476. The molecule has 1 aliphatic heterocycles. The Labute approximate surface area is 190 Å². The van der Waals surface area contributed by atoms with Crippen molar-refractivity contribution < 1.29 is 27.5 Å². The Hall–Kier alpha value is -1.80. The highest BCUT2D eigenvalue weighted by molar-refractivity contribution is 7.91. The minimum Gasteiger partial charge on any atom is -0.482 e. The Morgan fingerprint density at radius 1 is 1.23 bits per heavy atom. The zero-order valence-corrected chi connectivity index (χ0v) is 20.4. The summed E-state index contributed by atoms with van der Waals surface area (Å²) in [6.45, 7) is 8.85. The molecule has 0 saturated carbocycles. The van der Waals surface area contributed by atoms with Gasteiger partial charge in [0.1, 0.15) is 5.75 Å². The van der Waals surface area contributed by atoms with Crippen LogP contribution in [-0.2, 0) is 24.2 Å². The number of amides is 1. The van der Waals surface area contributed by atoms with Crippen molar-refractivity contribution in [1.29, 1.82) is 0 Å². The summed E-state index contributed by atoms with van der Waals surface area (Å²) in [4.78, 5) is 26.5. The fraction of sp³-hybridized carbons (Fsp3) is 0.636. The first kappa shape index (κ1) is 25.5. The summed E-state index contributed by atoms with van der Waals surface area (Å²) >= 11 is 6.19. The van der Waals surface area contributed by atoms with E-state index in [1.807, 2.05) is 40.7 Å². The second-order valence-corrected chi connectivity index (χ2v) is 11.0. The molecule has 0 aromatic heterocycles. The van der Waals surface area contributed by atoms with E-state index >= 15 is 0 Å². The van der Waals surface area contributed by atoms with Gasteiger partial charge in [-0.15, -0.1) is 0 Å². The Morgan fingerprint density at radius 2 is 1.90 bits per heavy atom. The van der Waals surface area contributed by atoms with Crippen molar-refractivity contribution in [3.8, 4) is 5.75 Å². The van der Waals surface area contributed by atoms with Crippen LogP contribution in [0.1, 0.15) is 57.6 Å². The van der Waals surface area contributed by atoms with Crippen molar-refractivity contribution >= 4 is 33.3 Å². The monoisotopic (exact) mass is 473 g/mol. The van der Waals surface area contributed by atoms with Crippen LogP contribution in [0, 0.1) is 6.92 Å². The van der Waals surface area contributed by atoms with Crippen LogP contribution < -0.4 is 4.74 Å². The molecule has 1 fully saturated rings. The maximum atomic E-state index is 12.7. The first-order valence-electron chi connectivity index (χ1n) is 10.5. The molecule has 0 aliphatic carbocycles. The van der Waals surface area contributed by atoms with Gasteiger partial charge in [0.15, 0.2) is 23.1 Å². The van der Waals surface area contributed by atoms with Gasteiger partial charge in [-0.1, -0.05) is 32.4 Å². The van der Waals surface area contributed by atoms with Gasteiger partial charge in [-0.2, -0.15) is 0 Å². The summed E-state index contributed by atoms with van der Waals surface area (Å²) in [7, 11) is -3.14. The van der Waals surface area contributed by atoms with Gasteiger partial charge >= 0.3 is 5.97 Å². The van der Waals surface area contributed by atoms with Crippen LogP contribution in [-0.4, -0.2) is 62.0 Å². The van der Waals surface area contributed by atoms with E-state index in [0.717, 1.165) is 11.1 Å². The molecule has 2 rings (SSSR count). The summed E-state index contributed by atoms with van der Waals surface area (Å²) in [5.74, 6) is -0.332. The van der Waals surface area contributed by atoms with Crippen molar-refractivity contribution in [3.05, 3.63) is 28.3 Å². The van der Waals surface area contributed by atoms with Crippen molar-refractivity contribution in [2.24, 2.45) is 0 Å². The first-order chi connectivity index (χ1) is 14.4. The maximum Gasteiger partial charge on any atom is 0.344 e. The summed E-state index contributed by atoms with van der Waals surface area (Å²) in [5.41, 5.74) is 1.71. The number of halogens is 1. The van der Waals surface area contributed by atoms with Crippen LogP contribution in [0.4, 0.5) is 0 Å². The Balaban J connectivity index is 1.97. The third kappa shape index (κ3) is 6.84. The van der Waals surface area contributed by atoms with E-state index in [1.54, 1.807) is 11.0 Å². The number of sulfone groups is 1.